The predicted octanol–water partition coefficient (Wildman–Crippen LogP) is 3.37. The van der Waals surface area contributed by atoms with Crippen LogP contribution >= 0.6 is 11.3 Å². The van der Waals surface area contributed by atoms with Gasteiger partial charge in [0.2, 0.25) is 0 Å². The van der Waals surface area contributed by atoms with E-state index in [1.165, 1.54) is 10.8 Å². The minimum Gasteiger partial charge on any atom is -0.384 e. The fourth-order valence-electron chi connectivity index (χ4n) is 2.70. The van der Waals surface area contributed by atoms with Crippen LogP contribution in [0.4, 0.5) is 5.82 Å². The molecule has 2 heterocycles. The van der Waals surface area contributed by atoms with Crippen molar-refractivity contribution in [1.82, 2.24) is 9.55 Å². The van der Waals surface area contributed by atoms with Crippen LogP contribution in [0.25, 0.3) is 21.6 Å². The van der Waals surface area contributed by atoms with Gasteiger partial charge in [0.25, 0.3) is 5.56 Å². The number of benzene rings is 1. The van der Waals surface area contributed by atoms with Crippen LogP contribution < -0.4 is 11.3 Å². The highest BCUT2D eigenvalue weighted by Crippen LogP contribution is 2.30. The van der Waals surface area contributed by atoms with Crippen LogP contribution in [0, 0.1) is 19.3 Å². The molecular weight excluding hydrogens is 320 g/mol. The Labute approximate surface area is 143 Å². The Kier molecular flexibility index (Phi) is 4.07. The molecule has 3 N–H and O–H groups in total. The molecule has 1 aromatic carbocycles. The summed E-state index contributed by atoms with van der Waals surface area (Å²) in [6, 6.07) is 7.68. The van der Waals surface area contributed by atoms with E-state index in [0.29, 0.717) is 16.9 Å². The van der Waals surface area contributed by atoms with Crippen LogP contribution in [-0.4, -0.2) is 15.8 Å². The van der Waals surface area contributed by atoms with E-state index < -0.39 is 0 Å². The van der Waals surface area contributed by atoms with Gasteiger partial charge in [0.05, 0.1) is 9.88 Å². The summed E-state index contributed by atoms with van der Waals surface area (Å²) in [5.41, 5.74) is 9.74. The molecule has 0 amide bonds. The zero-order valence-corrected chi connectivity index (χ0v) is 14.6. The topological polar surface area (TPSA) is 84.8 Å². The number of hydrogen-bond donors (Lipinski definition) is 2. The van der Waals surface area contributed by atoms with Gasteiger partial charge in [-0.25, -0.2) is 4.98 Å². The van der Waals surface area contributed by atoms with Crippen molar-refractivity contribution in [2.75, 3.05) is 5.73 Å². The van der Waals surface area contributed by atoms with E-state index in [4.69, 9.17) is 11.1 Å². The Bertz CT molecular complexity index is 1000. The summed E-state index contributed by atoms with van der Waals surface area (Å²) in [7, 11) is 1.62. The Hall–Kier alpha value is -2.73. The quantitative estimate of drug-likeness (QED) is 0.718. The number of aromatic nitrogens is 2. The number of rotatable bonds is 3. The highest BCUT2D eigenvalue weighted by atomic mass is 32.1. The minimum atomic E-state index is -0.164. The van der Waals surface area contributed by atoms with Gasteiger partial charge in [-0.3, -0.25) is 9.36 Å². The van der Waals surface area contributed by atoms with Crippen LogP contribution in [-0.2, 0) is 7.05 Å². The molecule has 2 aromatic heterocycles. The van der Waals surface area contributed by atoms with Gasteiger partial charge in [-0.15, -0.1) is 11.3 Å². The van der Waals surface area contributed by atoms with Gasteiger partial charge in [0, 0.05) is 30.6 Å². The second kappa shape index (κ2) is 6.05. The lowest BCUT2D eigenvalue weighted by molar-refractivity contribution is 0.876. The van der Waals surface area contributed by atoms with E-state index >= 15 is 0 Å². The Balaban J connectivity index is 2.16. The number of pyridine rings is 1. The summed E-state index contributed by atoms with van der Waals surface area (Å²) in [5, 5.41) is 8.51. The van der Waals surface area contributed by atoms with Crippen molar-refractivity contribution in [2.24, 2.45) is 7.05 Å². The molecule has 3 rings (SSSR count). The van der Waals surface area contributed by atoms with E-state index in [9.17, 15) is 4.79 Å². The summed E-state index contributed by atoms with van der Waals surface area (Å²) in [6.45, 7) is 3.96. The van der Waals surface area contributed by atoms with Crippen molar-refractivity contribution in [3.63, 3.8) is 0 Å². The fourth-order valence-corrected chi connectivity index (χ4v) is 3.47. The molecule has 0 saturated carbocycles. The van der Waals surface area contributed by atoms with Gasteiger partial charge in [-0.1, -0.05) is 12.1 Å². The summed E-state index contributed by atoms with van der Waals surface area (Å²) in [6.07, 6.45) is 3.03. The van der Waals surface area contributed by atoms with Crippen molar-refractivity contribution in [1.29, 1.82) is 5.41 Å². The van der Waals surface area contributed by atoms with Gasteiger partial charge >= 0.3 is 0 Å². The van der Waals surface area contributed by atoms with Crippen molar-refractivity contribution in [3.8, 4) is 21.6 Å². The third-order valence-corrected chi connectivity index (χ3v) is 5.03. The second-order valence-electron chi connectivity index (χ2n) is 5.68. The maximum atomic E-state index is 12.6. The molecule has 0 fully saturated rings. The van der Waals surface area contributed by atoms with E-state index in [1.807, 2.05) is 32.2 Å². The van der Waals surface area contributed by atoms with E-state index in [-0.39, 0.29) is 5.56 Å². The smallest absolute Gasteiger partial charge is 0.259 e. The number of nitrogens with one attached hydrogen (secondary N) is 1. The van der Waals surface area contributed by atoms with Crippen LogP contribution in [0.15, 0.2) is 35.3 Å². The summed E-state index contributed by atoms with van der Waals surface area (Å²) in [4.78, 5) is 18.0. The van der Waals surface area contributed by atoms with Crippen molar-refractivity contribution in [2.45, 2.75) is 13.8 Å². The monoisotopic (exact) mass is 338 g/mol. The second-order valence-corrected chi connectivity index (χ2v) is 6.92. The zero-order valence-electron chi connectivity index (χ0n) is 13.8. The number of nitrogens with two attached hydrogens (primary N) is 1. The van der Waals surface area contributed by atoms with Crippen LogP contribution in [0.1, 0.15) is 16.1 Å². The zero-order chi connectivity index (χ0) is 17.4. The van der Waals surface area contributed by atoms with Gasteiger partial charge in [-0.05, 0) is 42.7 Å². The lowest BCUT2D eigenvalue weighted by atomic mass is 9.98. The molecule has 0 bridgehead atoms. The number of thiazole rings is 1. The fraction of sp³-hybridized carbons (Fsp3) is 0.167. The van der Waals surface area contributed by atoms with E-state index in [1.54, 1.807) is 24.5 Å². The highest BCUT2D eigenvalue weighted by Gasteiger charge is 2.13. The molecule has 122 valence electrons. The van der Waals surface area contributed by atoms with Crippen LogP contribution in [0.2, 0.25) is 0 Å². The highest BCUT2D eigenvalue weighted by molar-refractivity contribution is 7.15. The molecule has 0 aliphatic heterocycles. The number of nitrogen functional groups attached to an aromatic ring is 1. The first-order chi connectivity index (χ1) is 11.4. The predicted molar refractivity (Wildman–Crippen MR) is 100.0 cm³/mol. The summed E-state index contributed by atoms with van der Waals surface area (Å²) >= 11 is 1.64. The Morgan fingerprint density at radius 1 is 1.25 bits per heavy atom. The third kappa shape index (κ3) is 2.65. The van der Waals surface area contributed by atoms with Crippen molar-refractivity contribution < 1.29 is 0 Å². The molecule has 0 aliphatic rings. The molecule has 0 atom stereocenters. The normalized spacial score (nSPS) is 10.8. The molecular formula is C18H18N4OS. The lowest BCUT2D eigenvalue weighted by Crippen LogP contribution is -2.23. The SMILES string of the molecule is Cc1ncc(-c2ccc(-c3cc(C=N)c(N)n(C)c3=O)c(C)c2)s1. The average molecular weight is 338 g/mol. The first kappa shape index (κ1) is 16.1. The maximum Gasteiger partial charge on any atom is 0.259 e. The van der Waals surface area contributed by atoms with Crippen LogP contribution in [0.3, 0.4) is 0 Å². The van der Waals surface area contributed by atoms with Crippen molar-refractivity contribution in [3.05, 3.63) is 57.0 Å². The molecule has 6 heteroatoms. The molecule has 24 heavy (non-hydrogen) atoms. The van der Waals surface area contributed by atoms with E-state index in [2.05, 4.69) is 11.1 Å². The molecule has 0 aliphatic carbocycles. The first-order valence-corrected chi connectivity index (χ1v) is 8.28. The minimum absolute atomic E-state index is 0.164. The number of aryl methyl sites for hydroxylation is 2. The Morgan fingerprint density at radius 3 is 2.58 bits per heavy atom. The molecule has 0 unspecified atom stereocenters. The first-order valence-electron chi connectivity index (χ1n) is 7.46. The Morgan fingerprint density at radius 2 is 2.00 bits per heavy atom. The average Bonchev–Trinajstić information content (AvgIpc) is 3.00. The third-order valence-electron chi connectivity index (χ3n) is 4.07. The summed E-state index contributed by atoms with van der Waals surface area (Å²) < 4.78 is 1.38. The number of nitrogens with zero attached hydrogens (tertiary/aromatic N) is 2. The lowest BCUT2D eigenvalue weighted by Gasteiger charge is -2.12. The molecule has 0 spiro atoms. The molecule has 0 radical (unpaired) electrons. The van der Waals surface area contributed by atoms with Gasteiger partial charge < -0.3 is 11.1 Å². The van der Waals surface area contributed by atoms with Crippen LogP contribution in [0.5, 0.6) is 0 Å². The van der Waals surface area contributed by atoms with Crippen molar-refractivity contribution >= 4 is 23.4 Å². The van der Waals surface area contributed by atoms with Gasteiger partial charge in [-0.2, -0.15) is 0 Å². The van der Waals surface area contributed by atoms with Gasteiger partial charge in [0.15, 0.2) is 0 Å². The molecule has 0 saturated heterocycles. The van der Waals surface area contributed by atoms with E-state index in [0.717, 1.165) is 26.6 Å². The van der Waals surface area contributed by atoms with Gasteiger partial charge in [0.1, 0.15) is 5.82 Å². The largest absolute Gasteiger partial charge is 0.384 e. The number of anilines is 1. The molecule has 3 aromatic rings. The standard InChI is InChI=1S/C18H18N4OS/c1-10-6-12(16-9-21-11(2)24-16)4-5-14(10)15-7-13(8-19)17(20)22(3)18(15)23/h4-9,19H,20H2,1-3H3. The summed E-state index contributed by atoms with van der Waals surface area (Å²) in [5.74, 6) is 0.299. The maximum absolute atomic E-state index is 12.6. The molecule has 5 nitrogen and oxygen atoms in total. The number of hydrogen-bond acceptors (Lipinski definition) is 5.